The Labute approximate surface area is 129 Å². The predicted molar refractivity (Wildman–Crippen MR) is 90.2 cm³/mol. The van der Waals surface area contributed by atoms with E-state index in [1.807, 2.05) is 6.07 Å². The summed E-state index contributed by atoms with van der Waals surface area (Å²) in [5, 5.41) is 0. The van der Waals surface area contributed by atoms with Crippen molar-refractivity contribution >= 4 is 11.4 Å². The fourth-order valence-electron chi connectivity index (χ4n) is 3.20. The topological polar surface area (TPSA) is 17.1 Å². The third kappa shape index (κ3) is 5.15. The molecule has 0 atom stereocenters. The first kappa shape index (κ1) is 16.0. The minimum Gasteiger partial charge on any atom is -0.295 e. The predicted octanol–water partition coefficient (Wildman–Crippen LogP) is 5.94. The number of hydrogen-bond acceptors (Lipinski definition) is 1. The summed E-state index contributed by atoms with van der Waals surface area (Å²) in [6.07, 6.45) is 11.7. The largest absolute Gasteiger partial charge is 0.295 e. The van der Waals surface area contributed by atoms with Gasteiger partial charge < -0.3 is 0 Å². The van der Waals surface area contributed by atoms with Gasteiger partial charge in [-0.1, -0.05) is 68.9 Å². The molecule has 1 fully saturated rings. The Morgan fingerprint density at radius 3 is 1.90 bits per heavy atom. The molecule has 0 aromatic heterocycles. The normalized spacial score (nSPS) is 21.3. The number of hydrogen-bond donors (Lipinski definition) is 0. The van der Waals surface area contributed by atoms with Crippen molar-refractivity contribution in [3.63, 3.8) is 0 Å². The zero-order valence-corrected chi connectivity index (χ0v) is 13.4. The molecule has 2 rings (SSSR count). The molecule has 0 unspecified atom stereocenters. The number of rotatable bonds is 1. The Morgan fingerprint density at radius 2 is 1.29 bits per heavy atom. The Hall–Kier alpha value is -1.37. The quantitative estimate of drug-likeness (QED) is 0.583. The molecule has 0 N–H and O–H groups in total. The van der Waals surface area contributed by atoms with Crippen LogP contribution in [0.25, 0.3) is 5.57 Å². The lowest BCUT2D eigenvalue weighted by Crippen LogP contribution is -2.06. The van der Waals surface area contributed by atoms with Crippen LogP contribution in [0.15, 0.2) is 35.9 Å². The number of Topliss-reactive ketones (excluding diaryl/α,β-unsaturated/α-hetero) is 1. The van der Waals surface area contributed by atoms with E-state index in [0.717, 1.165) is 31.3 Å². The molecular weight excluding hydrogens is 256 g/mol. The highest BCUT2D eigenvalue weighted by molar-refractivity contribution is 6.02. The van der Waals surface area contributed by atoms with Gasteiger partial charge in [-0.3, -0.25) is 4.79 Å². The van der Waals surface area contributed by atoms with Gasteiger partial charge in [0.15, 0.2) is 5.78 Å². The van der Waals surface area contributed by atoms with Crippen LogP contribution in [0.5, 0.6) is 0 Å². The Balaban J connectivity index is 2.16. The van der Waals surface area contributed by atoms with Crippen molar-refractivity contribution in [1.82, 2.24) is 0 Å². The molecule has 21 heavy (non-hydrogen) atoms. The van der Waals surface area contributed by atoms with Crippen LogP contribution in [0.1, 0.15) is 76.7 Å². The van der Waals surface area contributed by atoms with Gasteiger partial charge >= 0.3 is 0 Å². The summed E-state index contributed by atoms with van der Waals surface area (Å²) < 4.78 is 0. The van der Waals surface area contributed by atoms with Crippen molar-refractivity contribution in [2.75, 3.05) is 0 Å². The highest BCUT2D eigenvalue weighted by Crippen LogP contribution is 2.25. The van der Waals surface area contributed by atoms with Gasteiger partial charge in [0.2, 0.25) is 0 Å². The fraction of sp³-hybridized carbons (Fsp3) is 0.550. The maximum Gasteiger partial charge on any atom is 0.159 e. The van der Waals surface area contributed by atoms with E-state index in [1.54, 1.807) is 0 Å². The van der Waals surface area contributed by atoms with Gasteiger partial charge in [-0.15, -0.1) is 0 Å². The third-order valence-corrected chi connectivity index (χ3v) is 4.58. The molecule has 0 saturated heterocycles. The van der Waals surface area contributed by atoms with Crippen LogP contribution in [0.3, 0.4) is 0 Å². The van der Waals surface area contributed by atoms with Gasteiger partial charge in [0.25, 0.3) is 0 Å². The average Bonchev–Trinajstić information content (AvgIpc) is 2.51. The minimum absolute atomic E-state index is 0.386. The average molecular weight is 284 g/mol. The Kier molecular flexibility index (Phi) is 6.72. The second-order valence-electron chi connectivity index (χ2n) is 6.22. The fourth-order valence-corrected chi connectivity index (χ4v) is 3.20. The molecule has 0 heterocycles. The maximum atomic E-state index is 12.6. The van der Waals surface area contributed by atoms with Crippen LogP contribution in [-0.4, -0.2) is 5.78 Å². The van der Waals surface area contributed by atoms with E-state index in [9.17, 15) is 4.79 Å². The number of ketones is 1. The molecule has 1 aliphatic rings. The summed E-state index contributed by atoms with van der Waals surface area (Å²) in [6, 6.07) is 10.4. The van der Waals surface area contributed by atoms with Crippen LogP contribution in [0.2, 0.25) is 0 Å². The summed E-state index contributed by atoms with van der Waals surface area (Å²) in [5.41, 5.74) is 3.48. The van der Waals surface area contributed by atoms with Crippen LogP contribution in [-0.2, 0) is 4.79 Å². The second-order valence-corrected chi connectivity index (χ2v) is 6.22. The van der Waals surface area contributed by atoms with Gasteiger partial charge in [0.1, 0.15) is 0 Å². The number of carbonyl (C=O) groups excluding carboxylic acids is 1. The first-order chi connectivity index (χ1) is 10.3. The highest BCUT2D eigenvalue weighted by atomic mass is 16.1. The van der Waals surface area contributed by atoms with Crippen LogP contribution < -0.4 is 0 Å². The summed E-state index contributed by atoms with van der Waals surface area (Å²) in [6.45, 7) is 2.12. The van der Waals surface area contributed by atoms with E-state index in [2.05, 4.69) is 31.2 Å². The summed E-state index contributed by atoms with van der Waals surface area (Å²) in [5.74, 6) is 0.386. The van der Waals surface area contributed by atoms with Crippen LogP contribution in [0.4, 0.5) is 0 Å². The zero-order chi connectivity index (χ0) is 14.9. The van der Waals surface area contributed by atoms with Crippen molar-refractivity contribution in [3.8, 4) is 0 Å². The molecule has 1 aromatic carbocycles. The van der Waals surface area contributed by atoms with E-state index >= 15 is 0 Å². The molecule has 0 amide bonds. The lowest BCUT2D eigenvalue weighted by atomic mass is 9.91. The monoisotopic (exact) mass is 284 g/mol. The highest BCUT2D eigenvalue weighted by Gasteiger charge is 2.14. The Bertz CT molecular complexity index is 470. The van der Waals surface area contributed by atoms with Crippen LogP contribution >= 0.6 is 0 Å². The van der Waals surface area contributed by atoms with Crippen molar-refractivity contribution in [1.29, 1.82) is 0 Å². The lowest BCUT2D eigenvalue weighted by molar-refractivity contribution is -0.115. The first-order valence-electron chi connectivity index (χ1n) is 8.57. The summed E-state index contributed by atoms with van der Waals surface area (Å²) in [4.78, 5) is 12.6. The maximum absolute atomic E-state index is 12.6. The molecule has 0 radical (unpaired) electrons. The molecule has 1 aliphatic carbocycles. The smallest absolute Gasteiger partial charge is 0.159 e. The van der Waals surface area contributed by atoms with Crippen molar-refractivity contribution in [2.45, 2.75) is 71.1 Å². The van der Waals surface area contributed by atoms with E-state index < -0.39 is 0 Å². The van der Waals surface area contributed by atoms with Crippen LogP contribution in [0, 0.1) is 0 Å². The SMILES string of the molecule is C/C(=C1/CCCCCCCCCCC1=O)c1ccccc1. The minimum atomic E-state index is 0.386. The molecule has 1 aromatic rings. The first-order valence-corrected chi connectivity index (χ1v) is 8.57. The molecule has 1 heteroatoms. The number of carbonyl (C=O) groups is 1. The van der Waals surface area contributed by atoms with Gasteiger partial charge in [-0.05, 0) is 42.9 Å². The zero-order valence-electron chi connectivity index (χ0n) is 13.4. The van der Waals surface area contributed by atoms with Crippen molar-refractivity contribution in [2.24, 2.45) is 0 Å². The number of benzene rings is 1. The van der Waals surface area contributed by atoms with E-state index in [1.165, 1.54) is 49.7 Å². The molecule has 0 aliphatic heterocycles. The summed E-state index contributed by atoms with van der Waals surface area (Å²) >= 11 is 0. The molecular formula is C20H28O. The van der Waals surface area contributed by atoms with Crippen molar-refractivity contribution in [3.05, 3.63) is 41.5 Å². The van der Waals surface area contributed by atoms with Gasteiger partial charge in [-0.25, -0.2) is 0 Å². The lowest BCUT2D eigenvalue weighted by Gasteiger charge is -2.13. The third-order valence-electron chi connectivity index (χ3n) is 4.58. The number of allylic oxidation sites excluding steroid dienone is 2. The molecule has 1 nitrogen and oxygen atoms in total. The molecule has 114 valence electrons. The van der Waals surface area contributed by atoms with Crippen molar-refractivity contribution < 1.29 is 4.79 Å². The van der Waals surface area contributed by atoms with Gasteiger partial charge in [-0.2, -0.15) is 0 Å². The molecule has 0 bridgehead atoms. The van der Waals surface area contributed by atoms with Gasteiger partial charge in [0.05, 0.1) is 0 Å². The molecule has 1 saturated carbocycles. The van der Waals surface area contributed by atoms with E-state index in [-0.39, 0.29) is 0 Å². The van der Waals surface area contributed by atoms with Gasteiger partial charge in [0, 0.05) is 6.42 Å². The summed E-state index contributed by atoms with van der Waals surface area (Å²) in [7, 11) is 0. The standard InChI is InChI=1S/C20H28O/c1-17(18-13-9-8-10-14-18)19-15-11-6-4-2-3-5-7-12-16-20(19)21/h8-10,13-14H,2-7,11-12,15-16H2,1H3/b19-17+. The molecule has 0 spiro atoms. The van der Waals surface area contributed by atoms with E-state index in [0.29, 0.717) is 5.78 Å². The Morgan fingerprint density at radius 1 is 0.762 bits per heavy atom. The second kappa shape index (κ2) is 8.81. The van der Waals surface area contributed by atoms with E-state index in [4.69, 9.17) is 0 Å².